The number of benzene rings is 2. The molecular weight excluding hydrogens is 512 g/mol. The van der Waals surface area contributed by atoms with Crippen molar-refractivity contribution in [1.82, 2.24) is 14.7 Å². The topological polar surface area (TPSA) is 59.4 Å². The number of rotatable bonds is 7. The Bertz CT molecular complexity index is 1240. The maximum Gasteiger partial charge on any atom is 0.335 e. The molecule has 0 aromatic heterocycles. The summed E-state index contributed by atoms with van der Waals surface area (Å²) in [5.41, 5.74) is -0.243. The van der Waals surface area contributed by atoms with Crippen LogP contribution < -0.4 is 0 Å². The van der Waals surface area contributed by atoms with E-state index in [4.69, 9.17) is 11.6 Å². The number of hydrogen-bond acceptors (Lipinski definition) is 5. The van der Waals surface area contributed by atoms with Gasteiger partial charge in [0.15, 0.2) is 0 Å². The van der Waals surface area contributed by atoms with Crippen molar-refractivity contribution in [2.45, 2.75) is 19.9 Å². The number of hydrogen-bond donors (Lipinski definition) is 1. The predicted octanol–water partition coefficient (Wildman–Crippen LogP) is 4.70. The van der Waals surface area contributed by atoms with Crippen LogP contribution in [0, 0.1) is 23.3 Å². The predicted molar refractivity (Wildman–Crippen MR) is 133 cm³/mol. The minimum Gasteiger partial charge on any atom is -0.478 e. The molecule has 0 spiro atoms. The monoisotopic (exact) mass is 538 g/mol. The number of carboxylic acid groups (broad SMARTS) is 1. The normalized spacial score (nSPS) is 19.4. The van der Waals surface area contributed by atoms with Crippen molar-refractivity contribution in [3.05, 3.63) is 81.0 Å². The van der Waals surface area contributed by atoms with Crippen LogP contribution in [0.15, 0.2) is 46.6 Å². The van der Waals surface area contributed by atoms with Gasteiger partial charge in [0.2, 0.25) is 0 Å². The zero-order chi connectivity index (χ0) is 26.9. The van der Waals surface area contributed by atoms with Gasteiger partial charge in [-0.15, -0.1) is 0 Å². The molecule has 0 amide bonds. The van der Waals surface area contributed by atoms with Crippen molar-refractivity contribution < 1.29 is 27.5 Å². The van der Waals surface area contributed by atoms with E-state index in [2.05, 4.69) is 21.7 Å². The Morgan fingerprint density at radius 1 is 0.973 bits per heavy atom. The summed E-state index contributed by atoms with van der Waals surface area (Å²) in [5, 5.41) is 10.2. The molecule has 1 atom stereocenters. The quantitative estimate of drug-likeness (QED) is 0.518. The Morgan fingerprint density at radius 2 is 1.59 bits per heavy atom. The van der Waals surface area contributed by atoms with Gasteiger partial charge in [-0.05, 0) is 25.6 Å². The summed E-state index contributed by atoms with van der Waals surface area (Å²) in [5.74, 6) is -5.53. The van der Waals surface area contributed by atoms with Crippen LogP contribution >= 0.6 is 11.6 Å². The molecule has 1 unspecified atom stereocenters. The van der Waals surface area contributed by atoms with Crippen LogP contribution in [-0.2, 0) is 4.79 Å². The summed E-state index contributed by atoms with van der Waals surface area (Å²) in [7, 11) is 0. The van der Waals surface area contributed by atoms with Gasteiger partial charge >= 0.3 is 5.97 Å². The van der Waals surface area contributed by atoms with Gasteiger partial charge in [0.05, 0.1) is 11.1 Å². The largest absolute Gasteiger partial charge is 0.478 e. The lowest BCUT2D eigenvalue weighted by molar-refractivity contribution is -0.133. The van der Waals surface area contributed by atoms with Gasteiger partial charge < -0.3 is 14.9 Å². The van der Waals surface area contributed by atoms with Gasteiger partial charge in [-0.25, -0.2) is 22.4 Å². The van der Waals surface area contributed by atoms with Gasteiger partial charge in [0.1, 0.15) is 35.1 Å². The molecule has 4 rings (SSSR count). The second-order valence-electron chi connectivity index (χ2n) is 8.89. The molecule has 1 N–H and O–H groups in total. The van der Waals surface area contributed by atoms with Crippen molar-refractivity contribution >= 4 is 23.4 Å². The van der Waals surface area contributed by atoms with E-state index in [1.165, 1.54) is 11.0 Å². The summed E-state index contributed by atoms with van der Waals surface area (Å²) in [4.78, 5) is 22.9. The molecule has 6 nitrogen and oxygen atoms in total. The van der Waals surface area contributed by atoms with E-state index in [0.29, 0.717) is 30.9 Å². The maximum absolute atomic E-state index is 15.0. The first kappa shape index (κ1) is 27.1. The van der Waals surface area contributed by atoms with Crippen LogP contribution in [0.5, 0.6) is 0 Å². The molecule has 1 saturated heterocycles. The van der Waals surface area contributed by atoms with Gasteiger partial charge in [-0.1, -0.05) is 24.6 Å². The smallest absolute Gasteiger partial charge is 0.335 e. The molecule has 0 aliphatic carbocycles. The third-order valence-electron chi connectivity index (χ3n) is 6.74. The van der Waals surface area contributed by atoms with Crippen LogP contribution in [0.2, 0.25) is 5.02 Å². The molecule has 37 heavy (non-hydrogen) atoms. The molecule has 2 aliphatic rings. The minimum atomic E-state index is -1.28. The van der Waals surface area contributed by atoms with E-state index in [1.807, 2.05) is 0 Å². The minimum absolute atomic E-state index is 0.0761. The standard InChI is InChI=1S/C26H27ClF4N4O2/c1-3-33-7-9-34(10-8-33)14-21-23(26(36)37)24(17-6-5-15(28)11-18(17)27)32-25(35(21)4-2)22-19(30)12-16(29)13-20(22)31/h5-6,11-13,24H,3-4,7-10,14H2,1-2H3,(H,36,37). The lowest BCUT2D eigenvalue weighted by atomic mass is 9.93. The molecule has 2 aromatic rings. The number of aliphatic carboxylic acids is 1. The van der Waals surface area contributed by atoms with E-state index >= 15 is 0 Å². The van der Waals surface area contributed by atoms with Crippen LogP contribution in [0.4, 0.5) is 17.6 Å². The summed E-state index contributed by atoms with van der Waals surface area (Å²) >= 11 is 6.30. The highest BCUT2D eigenvalue weighted by atomic mass is 35.5. The number of aliphatic imine (C=N–C) groups is 1. The number of carboxylic acids is 1. The zero-order valence-electron chi connectivity index (χ0n) is 20.4. The summed E-state index contributed by atoms with van der Waals surface area (Å²) < 4.78 is 57.5. The lowest BCUT2D eigenvalue weighted by Gasteiger charge is -2.40. The van der Waals surface area contributed by atoms with Crippen molar-refractivity contribution in [1.29, 1.82) is 0 Å². The summed E-state index contributed by atoms with van der Waals surface area (Å²) in [6, 6.07) is 3.27. The first-order valence-electron chi connectivity index (χ1n) is 12.0. The number of piperazine rings is 1. The van der Waals surface area contributed by atoms with E-state index in [0.717, 1.165) is 31.8 Å². The fraction of sp³-hybridized carbons (Fsp3) is 0.385. The molecule has 198 valence electrons. The fourth-order valence-electron chi connectivity index (χ4n) is 4.82. The van der Waals surface area contributed by atoms with Crippen LogP contribution in [0.1, 0.15) is 31.0 Å². The molecule has 1 fully saturated rings. The Balaban J connectivity index is 1.90. The first-order valence-corrected chi connectivity index (χ1v) is 12.4. The molecule has 11 heteroatoms. The van der Waals surface area contributed by atoms with Crippen molar-refractivity contribution in [2.75, 3.05) is 45.8 Å². The molecule has 2 aliphatic heterocycles. The van der Waals surface area contributed by atoms with Crippen molar-refractivity contribution in [2.24, 2.45) is 4.99 Å². The summed E-state index contributed by atoms with van der Waals surface area (Å²) in [6.07, 6.45) is 0. The molecule has 2 heterocycles. The third-order valence-corrected chi connectivity index (χ3v) is 7.06. The number of halogens is 5. The maximum atomic E-state index is 15.0. The van der Waals surface area contributed by atoms with Gasteiger partial charge in [-0.3, -0.25) is 9.89 Å². The average molecular weight is 539 g/mol. The molecular formula is C26H27ClF4N4O2. The van der Waals surface area contributed by atoms with E-state index < -0.39 is 40.8 Å². The number of likely N-dealkylation sites (N-methyl/N-ethyl adjacent to an activating group) is 2. The van der Waals surface area contributed by atoms with E-state index in [9.17, 15) is 27.5 Å². The second kappa shape index (κ2) is 11.2. The lowest BCUT2D eigenvalue weighted by Crippen LogP contribution is -2.49. The van der Waals surface area contributed by atoms with E-state index in [-0.39, 0.29) is 35.1 Å². The molecule has 0 saturated carbocycles. The van der Waals surface area contributed by atoms with E-state index in [1.54, 1.807) is 6.92 Å². The third kappa shape index (κ3) is 5.51. The summed E-state index contributed by atoms with van der Waals surface area (Å²) in [6.45, 7) is 7.86. The number of nitrogens with zero attached hydrogens (tertiary/aromatic N) is 4. The highest BCUT2D eigenvalue weighted by Gasteiger charge is 2.38. The first-order chi connectivity index (χ1) is 17.6. The van der Waals surface area contributed by atoms with Crippen LogP contribution in [0.25, 0.3) is 0 Å². The van der Waals surface area contributed by atoms with Gasteiger partial charge in [-0.2, -0.15) is 0 Å². The SMILES string of the molecule is CCN1CCN(CC2=C(C(=O)O)C(c3ccc(F)cc3Cl)N=C(c3c(F)cc(F)cc3F)N2CC)CC1. The Morgan fingerprint density at radius 3 is 2.14 bits per heavy atom. The number of amidine groups is 1. The fourth-order valence-corrected chi connectivity index (χ4v) is 5.09. The van der Waals surface area contributed by atoms with Gasteiger partial charge in [0, 0.05) is 67.7 Å². The second-order valence-corrected chi connectivity index (χ2v) is 9.29. The molecule has 0 bridgehead atoms. The average Bonchev–Trinajstić information content (AvgIpc) is 2.83. The zero-order valence-corrected chi connectivity index (χ0v) is 21.2. The Kier molecular flexibility index (Phi) is 8.20. The molecule has 0 radical (unpaired) electrons. The highest BCUT2D eigenvalue weighted by molar-refractivity contribution is 6.31. The van der Waals surface area contributed by atoms with Crippen LogP contribution in [-0.4, -0.2) is 77.4 Å². The highest BCUT2D eigenvalue weighted by Crippen LogP contribution is 2.39. The van der Waals surface area contributed by atoms with Crippen LogP contribution in [0.3, 0.4) is 0 Å². The Labute approximate surface area is 217 Å². The molecule has 2 aromatic carbocycles. The van der Waals surface area contributed by atoms with Crippen molar-refractivity contribution in [3.63, 3.8) is 0 Å². The van der Waals surface area contributed by atoms with Gasteiger partial charge in [0.25, 0.3) is 0 Å². The Hall–Kier alpha value is -2.95. The van der Waals surface area contributed by atoms with Crippen molar-refractivity contribution in [3.8, 4) is 0 Å². The number of carbonyl (C=O) groups is 1.